The lowest BCUT2D eigenvalue weighted by molar-refractivity contribution is 0.0996. The van der Waals surface area contributed by atoms with Crippen LogP contribution in [0.25, 0.3) is 10.9 Å². The van der Waals surface area contributed by atoms with Gasteiger partial charge in [-0.15, -0.1) is 0 Å². The molecule has 0 atom stereocenters. The molecule has 136 valence electrons. The molecular weight excluding hydrogens is 387 g/mol. The predicted octanol–water partition coefficient (Wildman–Crippen LogP) is 3.33. The first-order chi connectivity index (χ1) is 12.8. The maximum absolute atomic E-state index is 11.8. The molecule has 0 bridgehead atoms. The monoisotopic (exact) mass is 400 g/mol. The minimum absolute atomic E-state index is 0.0649. The van der Waals surface area contributed by atoms with Crippen molar-refractivity contribution in [1.82, 2.24) is 4.98 Å². The third-order valence-corrected chi connectivity index (χ3v) is 5.11. The highest BCUT2D eigenvalue weighted by Crippen LogP contribution is 2.48. The van der Waals surface area contributed by atoms with Crippen LogP contribution in [0.4, 0.5) is 22.7 Å². The van der Waals surface area contributed by atoms with Crippen molar-refractivity contribution in [3.8, 4) is 0 Å². The number of hydrogen-bond acceptors (Lipinski definition) is 5. The van der Waals surface area contributed by atoms with Crippen molar-refractivity contribution in [2.75, 3.05) is 23.4 Å². The topological polar surface area (TPSA) is 124 Å². The van der Waals surface area contributed by atoms with Crippen LogP contribution in [0.5, 0.6) is 0 Å². The number of nitrogen functional groups attached to an aromatic ring is 2. The number of anilines is 3. The molecule has 1 aliphatic rings. The van der Waals surface area contributed by atoms with Crippen LogP contribution in [-0.4, -0.2) is 23.8 Å². The Kier molecular flexibility index (Phi) is 3.87. The quantitative estimate of drug-likeness (QED) is 0.569. The number of nitrogens with zero attached hydrogens (tertiary/aromatic N) is 3. The SMILES string of the molecule is CN1C(=Nc2ccc(Cl)cc2)c2cc(C(N)=O)nc3c(N)c(Cl)c(N)c1c23. The number of aromatic nitrogens is 1. The summed E-state index contributed by atoms with van der Waals surface area (Å²) >= 11 is 12.2. The molecule has 0 aliphatic carbocycles. The van der Waals surface area contributed by atoms with Crippen molar-refractivity contribution in [1.29, 1.82) is 0 Å². The predicted molar refractivity (Wildman–Crippen MR) is 110 cm³/mol. The summed E-state index contributed by atoms with van der Waals surface area (Å²) in [4.78, 5) is 22.5. The Bertz CT molecular complexity index is 1160. The van der Waals surface area contributed by atoms with E-state index < -0.39 is 5.91 Å². The Balaban J connectivity index is 2.08. The number of primary amides is 1. The summed E-state index contributed by atoms with van der Waals surface area (Å²) in [6, 6.07) is 8.63. The number of amidine groups is 1. The summed E-state index contributed by atoms with van der Waals surface area (Å²) in [7, 11) is 1.80. The molecule has 2 heterocycles. The lowest BCUT2D eigenvalue weighted by Gasteiger charge is -2.17. The molecule has 1 aliphatic heterocycles. The zero-order valence-corrected chi connectivity index (χ0v) is 15.6. The zero-order chi connectivity index (χ0) is 19.5. The first kappa shape index (κ1) is 17.4. The fourth-order valence-corrected chi connectivity index (χ4v) is 3.48. The summed E-state index contributed by atoms with van der Waals surface area (Å²) in [5.41, 5.74) is 20.7. The van der Waals surface area contributed by atoms with Crippen molar-refractivity contribution in [3.05, 3.63) is 51.6 Å². The highest BCUT2D eigenvalue weighted by molar-refractivity contribution is 6.41. The van der Waals surface area contributed by atoms with Gasteiger partial charge in [-0.2, -0.15) is 0 Å². The number of halogens is 2. The molecule has 1 aromatic heterocycles. The first-order valence-electron chi connectivity index (χ1n) is 7.89. The van der Waals surface area contributed by atoms with Gasteiger partial charge in [-0.3, -0.25) is 4.79 Å². The van der Waals surface area contributed by atoms with Gasteiger partial charge in [0.2, 0.25) is 0 Å². The minimum atomic E-state index is -0.678. The van der Waals surface area contributed by atoms with Crippen LogP contribution in [0.1, 0.15) is 16.1 Å². The van der Waals surface area contributed by atoms with E-state index in [-0.39, 0.29) is 16.4 Å². The zero-order valence-electron chi connectivity index (χ0n) is 14.1. The van der Waals surface area contributed by atoms with Gasteiger partial charge >= 0.3 is 0 Å². The summed E-state index contributed by atoms with van der Waals surface area (Å²) in [6.07, 6.45) is 0. The fourth-order valence-electron chi connectivity index (χ4n) is 3.18. The number of amides is 1. The highest BCUT2D eigenvalue weighted by atomic mass is 35.5. The van der Waals surface area contributed by atoms with Gasteiger partial charge in [-0.25, -0.2) is 9.98 Å². The number of nitrogens with two attached hydrogens (primary N) is 3. The summed E-state index contributed by atoms with van der Waals surface area (Å²) in [6.45, 7) is 0. The summed E-state index contributed by atoms with van der Waals surface area (Å²) in [5, 5.41) is 1.46. The van der Waals surface area contributed by atoms with E-state index in [1.165, 1.54) is 0 Å². The Hall–Kier alpha value is -3.03. The van der Waals surface area contributed by atoms with Gasteiger partial charge < -0.3 is 22.1 Å². The van der Waals surface area contributed by atoms with Crippen molar-refractivity contribution in [2.24, 2.45) is 10.7 Å². The Morgan fingerprint density at radius 1 is 1.15 bits per heavy atom. The highest BCUT2D eigenvalue weighted by Gasteiger charge is 2.32. The largest absolute Gasteiger partial charge is 0.396 e. The average molecular weight is 401 g/mol. The number of aliphatic imine (C=N–C) groups is 1. The van der Waals surface area contributed by atoms with Crippen LogP contribution >= 0.6 is 23.2 Å². The number of rotatable bonds is 2. The normalized spacial score (nSPS) is 14.3. The second-order valence-corrected chi connectivity index (χ2v) is 6.92. The van der Waals surface area contributed by atoms with Gasteiger partial charge in [0.1, 0.15) is 11.5 Å². The van der Waals surface area contributed by atoms with E-state index in [0.717, 1.165) is 0 Å². The Labute approximate surface area is 164 Å². The van der Waals surface area contributed by atoms with E-state index >= 15 is 0 Å². The number of hydrogen-bond donors (Lipinski definition) is 3. The van der Waals surface area contributed by atoms with Crippen LogP contribution in [0.3, 0.4) is 0 Å². The van der Waals surface area contributed by atoms with E-state index in [4.69, 9.17) is 40.4 Å². The number of pyridine rings is 1. The van der Waals surface area contributed by atoms with Gasteiger partial charge in [-0.05, 0) is 30.3 Å². The smallest absolute Gasteiger partial charge is 0.267 e. The van der Waals surface area contributed by atoms with Crippen molar-refractivity contribution in [3.63, 3.8) is 0 Å². The molecule has 27 heavy (non-hydrogen) atoms. The lowest BCUT2D eigenvalue weighted by atomic mass is 10.1. The van der Waals surface area contributed by atoms with E-state index in [1.807, 2.05) is 0 Å². The summed E-state index contributed by atoms with van der Waals surface area (Å²) in [5.74, 6) is -0.113. The molecular formula is C18H14Cl2N6O. The van der Waals surface area contributed by atoms with Crippen molar-refractivity contribution >= 4 is 68.6 Å². The molecule has 9 heteroatoms. The van der Waals surface area contributed by atoms with Gasteiger partial charge in [-0.1, -0.05) is 23.2 Å². The number of carbonyl (C=O) groups is 1. The van der Waals surface area contributed by atoms with Crippen LogP contribution in [0, 0.1) is 0 Å². The van der Waals surface area contributed by atoms with Gasteiger partial charge in [0.05, 0.1) is 33.3 Å². The molecule has 4 rings (SSSR count). The molecule has 3 aromatic rings. The lowest BCUT2D eigenvalue weighted by Crippen LogP contribution is -2.23. The third kappa shape index (κ3) is 2.55. The summed E-state index contributed by atoms with van der Waals surface area (Å²) < 4.78 is 0. The molecule has 0 saturated carbocycles. The van der Waals surface area contributed by atoms with E-state index in [9.17, 15) is 4.79 Å². The number of benzene rings is 2. The standard InChI is InChI=1S/C18H14Cl2N6O/c1-26-16-11-9(18(26)24-8-4-2-7(19)3-5-8)6-10(17(23)27)25-15(11)13(21)12(20)14(16)22/h2-6H,21-22H2,1H3,(H2,23,27). The molecule has 0 radical (unpaired) electrons. The molecule has 6 N–H and O–H groups in total. The van der Waals surface area contributed by atoms with Gasteiger partial charge in [0, 0.05) is 23.0 Å². The Morgan fingerprint density at radius 3 is 2.44 bits per heavy atom. The second-order valence-electron chi connectivity index (χ2n) is 6.10. The van der Waals surface area contributed by atoms with E-state index in [1.54, 1.807) is 42.3 Å². The van der Waals surface area contributed by atoms with Crippen LogP contribution < -0.4 is 22.1 Å². The van der Waals surface area contributed by atoms with Crippen LogP contribution in [-0.2, 0) is 0 Å². The van der Waals surface area contributed by atoms with Gasteiger partial charge in [0.15, 0.2) is 0 Å². The first-order valence-corrected chi connectivity index (χ1v) is 8.64. The molecule has 7 nitrogen and oxygen atoms in total. The van der Waals surface area contributed by atoms with E-state index in [0.29, 0.717) is 44.4 Å². The third-order valence-electron chi connectivity index (χ3n) is 4.45. The molecule has 0 saturated heterocycles. The van der Waals surface area contributed by atoms with E-state index in [2.05, 4.69) is 9.98 Å². The molecule has 2 aromatic carbocycles. The maximum atomic E-state index is 11.8. The fraction of sp³-hybridized carbons (Fsp3) is 0.0556. The van der Waals surface area contributed by atoms with Crippen molar-refractivity contribution in [2.45, 2.75) is 0 Å². The van der Waals surface area contributed by atoms with Crippen LogP contribution in [0.2, 0.25) is 10.0 Å². The van der Waals surface area contributed by atoms with Gasteiger partial charge in [0.25, 0.3) is 5.91 Å². The molecule has 1 amide bonds. The Morgan fingerprint density at radius 2 is 1.81 bits per heavy atom. The van der Waals surface area contributed by atoms with Crippen molar-refractivity contribution < 1.29 is 4.79 Å². The van der Waals surface area contributed by atoms with Crippen LogP contribution in [0.15, 0.2) is 35.3 Å². The second kappa shape index (κ2) is 6.00. The molecule has 0 unspecified atom stereocenters. The number of carbonyl (C=O) groups excluding carboxylic acids is 1. The molecule has 0 spiro atoms. The molecule has 0 fully saturated rings. The maximum Gasteiger partial charge on any atom is 0.267 e. The average Bonchev–Trinajstić information content (AvgIpc) is 2.92. The minimum Gasteiger partial charge on any atom is -0.396 e.